The molecule has 0 amide bonds. The van der Waals surface area contributed by atoms with Crippen LogP contribution in [0.5, 0.6) is 5.75 Å². The molecule has 0 spiro atoms. The molecule has 1 fully saturated rings. The van der Waals surface area contributed by atoms with Crippen molar-refractivity contribution >= 4 is 33.5 Å². The second kappa shape index (κ2) is 10.2. The van der Waals surface area contributed by atoms with Crippen LogP contribution in [0.2, 0.25) is 0 Å². The Kier molecular flexibility index (Phi) is 5.01. The van der Waals surface area contributed by atoms with Gasteiger partial charge in [-0.25, -0.2) is 13.4 Å². The highest BCUT2D eigenvalue weighted by molar-refractivity contribution is 7.89. The van der Waals surface area contributed by atoms with Gasteiger partial charge in [-0.05, 0) is 31.5 Å². The number of aromatic nitrogens is 4. The molecule has 0 unspecified atom stereocenters. The van der Waals surface area contributed by atoms with E-state index in [4.69, 9.17) is 15.7 Å². The summed E-state index contributed by atoms with van der Waals surface area (Å²) in [4.78, 5) is 19.4. The molecule has 2 aromatic heterocycles. The predicted molar refractivity (Wildman–Crippen MR) is 129 cm³/mol. The van der Waals surface area contributed by atoms with E-state index in [1.54, 1.807) is 19.3 Å². The molecule has 0 atom stereocenters. The predicted octanol–water partition coefficient (Wildman–Crippen LogP) is 1.69. The van der Waals surface area contributed by atoms with Gasteiger partial charge in [-0.1, -0.05) is 13.3 Å². The quantitative estimate of drug-likeness (QED) is 0.502. The first-order chi connectivity index (χ1) is 18.3. The minimum Gasteiger partial charge on any atom is -0.493 e. The van der Waals surface area contributed by atoms with Crippen LogP contribution in [0.3, 0.4) is 0 Å². The average Bonchev–Trinajstić information content (AvgIpc) is 3.13. The first-order valence-corrected chi connectivity index (χ1v) is 11.4. The number of piperazine rings is 1. The molecule has 3 aromatic rings. The first-order valence-electron chi connectivity index (χ1n) is 13.9. The van der Waals surface area contributed by atoms with Crippen LogP contribution in [0.15, 0.2) is 27.9 Å². The number of fused-ring (bicyclic) bond motifs is 1. The van der Waals surface area contributed by atoms with Gasteiger partial charge in [0.2, 0.25) is 10.0 Å². The van der Waals surface area contributed by atoms with Crippen LogP contribution in [0.1, 0.15) is 36.9 Å². The molecule has 0 bridgehead atoms. The summed E-state index contributed by atoms with van der Waals surface area (Å²) in [5, 5.41) is 5.95. The van der Waals surface area contributed by atoms with E-state index >= 15 is 0 Å². The highest BCUT2D eigenvalue weighted by atomic mass is 35.5. The topological polar surface area (TPSA) is 122 Å². The highest BCUT2D eigenvalue weighted by Crippen LogP contribution is 2.32. The Morgan fingerprint density at radius 1 is 1.24 bits per heavy atom. The maximum atomic E-state index is 13.8. The van der Waals surface area contributed by atoms with Crippen molar-refractivity contribution in [2.75, 3.05) is 32.6 Å². The monoisotopic (exact) mass is 504 g/mol. The van der Waals surface area contributed by atoms with E-state index in [0.717, 1.165) is 12.1 Å². The van der Waals surface area contributed by atoms with E-state index in [0.29, 0.717) is 18.5 Å². The summed E-state index contributed by atoms with van der Waals surface area (Å²) in [5.74, 6) is 0.00205. The number of H-pyrrole nitrogens is 1. The van der Waals surface area contributed by atoms with E-state index < -0.39 is 50.8 Å². The Labute approximate surface area is 210 Å². The van der Waals surface area contributed by atoms with Crippen molar-refractivity contribution in [3.8, 4) is 17.1 Å². The Balaban J connectivity index is 0.00000462. The van der Waals surface area contributed by atoms with Crippen molar-refractivity contribution in [1.29, 1.82) is 0 Å². The molecule has 0 aliphatic carbocycles. The lowest BCUT2D eigenvalue weighted by Crippen LogP contribution is -2.46. The van der Waals surface area contributed by atoms with Crippen LogP contribution in [-0.4, -0.2) is 65.1 Å². The maximum Gasteiger partial charge on any atom is 0.277 e. The minimum absolute atomic E-state index is 0. The lowest BCUT2D eigenvalue weighted by atomic mass is 10.1. The molecule has 0 radical (unpaired) electrons. The maximum absolute atomic E-state index is 13.8. The Morgan fingerprint density at radius 3 is 2.64 bits per heavy atom. The smallest absolute Gasteiger partial charge is 0.277 e. The van der Waals surface area contributed by atoms with E-state index in [1.165, 1.54) is 10.7 Å². The summed E-state index contributed by atoms with van der Waals surface area (Å²) in [7, 11) is -3.69. The fourth-order valence-electron chi connectivity index (χ4n) is 3.36. The number of ether oxygens (including phenoxy) is 1. The number of aromatic amines is 1. The first kappa shape index (κ1) is 16.2. The SMILES string of the molecule is Cl.[2H]C1([2H])NC([2H])([2H])C([2H])([2H])N(S(=O)(=O)c2ccc(OCC)c(-c3nc4c(CCC)nn(C)c4c(=O)[nH]3)c2)C1([2H])[2H]. The van der Waals surface area contributed by atoms with Gasteiger partial charge >= 0.3 is 0 Å². The molecule has 1 aromatic carbocycles. The molecule has 1 saturated heterocycles. The van der Waals surface area contributed by atoms with Gasteiger partial charge in [0.1, 0.15) is 17.1 Å². The van der Waals surface area contributed by atoms with E-state index in [2.05, 4.69) is 15.1 Å². The van der Waals surface area contributed by atoms with Gasteiger partial charge in [0.05, 0.1) is 22.8 Å². The molecule has 12 heteroatoms. The van der Waals surface area contributed by atoms with Crippen molar-refractivity contribution in [2.24, 2.45) is 7.05 Å². The largest absolute Gasteiger partial charge is 0.493 e. The Morgan fingerprint density at radius 2 is 1.97 bits per heavy atom. The van der Waals surface area contributed by atoms with Gasteiger partial charge in [0.25, 0.3) is 5.56 Å². The Hall–Kier alpha value is -2.47. The summed E-state index contributed by atoms with van der Waals surface area (Å²) in [6, 6.07) is 3.19. The molecule has 180 valence electrons. The number of hydrogen-bond acceptors (Lipinski definition) is 7. The fourth-order valence-corrected chi connectivity index (χ4v) is 4.41. The van der Waals surface area contributed by atoms with Gasteiger partial charge < -0.3 is 15.0 Å². The van der Waals surface area contributed by atoms with Crippen molar-refractivity contribution in [3.05, 3.63) is 34.2 Å². The number of sulfonamides is 1. The third-order valence-corrected chi connectivity index (χ3v) is 6.25. The van der Waals surface area contributed by atoms with Crippen LogP contribution in [-0.2, 0) is 23.5 Å². The molecular weight excluding hydrogens is 468 g/mol. The molecule has 33 heavy (non-hydrogen) atoms. The lowest BCUT2D eigenvalue weighted by molar-refractivity contribution is 0.341. The second-order valence-corrected chi connectivity index (χ2v) is 8.68. The van der Waals surface area contributed by atoms with E-state index in [-0.39, 0.29) is 47.2 Å². The van der Waals surface area contributed by atoms with Gasteiger partial charge in [0.15, 0.2) is 5.52 Å². The number of benzene rings is 1. The number of nitrogens with one attached hydrogen (secondary N) is 2. The lowest BCUT2D eigenvalue weighted by Gasteiger charge is -2.26. The molecule has 4 rings (SSSR count). The fraction of sp³-hybridized carbons (Fsp3) is 0.476. The summed E-state index contributed by atoms with van der Waals surface area (Å²) in [6.45, 7) is -10.1. The number of aryl methyl sites for hydroxylation is 2. The molecule has 1 aliphatic heterocycles. The summed E-state index contributed by atoms with van der Waals surface area (Å²) >= 11 is 0. The number of hydrogen-bond donors (Lipinski definition) is 2. The van der Waals surface area contributed by atoms with Crippen LogP contribution in [0, 0.1) is 0 Å². The number of rotatable bonds is 7. The minimum atomic E-state index is -5.28. The Bertz CT molecular complexity index is 1620. The van der Waals surface area contributed by atoms with Crippen LogP contribution >= 0.6 is 12.4 Å². The number of nitrogens with zero attached hydrogens (tertiary/aromatic N) is 4. The molecule has 3 heterocycles. The third-order valence-electron chi connectivity index (χ3n) is 4.73. The summed E-state index contributed by atoms with van der Waals surface area (Å²) < 4.78 is 98.8. The zero-order chi connectivity index (χ0) is 30.1. The van der Waals surface area contributed by atoms with Crippen molar-refractivity contribution < 1.29 is 24.1 Å². The summed E-state index contributed by atoms with van der Waals surface area (Å²) in [6.07, 6.45) is 1.22. The number of halogens is 1. The molecule has 10 nitrogen and oxygen atoms in total. The van der Waals surface area contributed by atoms with Gasteiger partial charge in [-0.15, -0.1) is 12.4 Å². The zero-order valence-corrected chi connectivity index (χ0v) is 19.7. The molecular formula is C21H29ClN6O4S. The van der Waals surface area contributed by atoms with E-state index in [1.807, 2.05) is 6.92 Å². The molecule has 2 N–H and O–H groups in total. The molecule has 0 saturated carbocycles. The molecule has 1 aliphatic rings. The van der Waals surface area contributed by atoms with Gasteiger partial charge in [0, 0.05) is 44.0 Å². The normalized spacial score (nSPS) is 24.6. The van der Waals surface area contributed by atoms with E-state index in [9.17, 15) is 13.2 Å². The van der Waals surface area contributed by atoms with Crippen molar-refractivity contribution in [3.63, 3.8) is 0 Å². The van der Waals surface area contributed by atoms with Crippen molar-refractivity contribution in [2.45, 2.75) is 31.6 Å². The standard InChI is InChI=1S/C21H28N6O4S.ClH/c1-4-6-16-18-19(26(3)25-16)21(28)24-20(23-18)15-13-14(7-8-17(15)31-5-2)32(29,30)27-11-9-22-10-12-27;/h7-8,13,22H,4-6,9-12H2,1-3H3,(H,23,24,28);1H/i9D2,10D2,11D2,12D2;. The van der Waals surface area contributed by atoms with Crippen LogP contribution < -0.4 is 15.6 Å². The van der Waals surface area contributed by atoms with Crippen molar-refractivity contribution in [1.82, 2.24) is 29.4 Å². The average molecular weight is 505 g/mol. The van der Waals surface area contributed by atoms with Crippen LogP contribution in [0.4, 0.5) is 0 Å². The zero-order valence-electron chi connectivity index (χ0n) is 26.1. The summed E-state index contributed by atoms with van der Waals surface area (Å²) in [5.41, 5.74) is 0.427. The third kappa shape index (κ3) is 4.77. The second-order valence-electron chi connectivity index (χ2n) is 6.89. The van der Waals surface area contributed by atoms with Gasteiger partial charge in [-0.3, -0.25) is 9.48 Å². The highest BCUT2D eigenvalue weighted by Gasteiger charge is 2.27. The van der Waals surface area contributed by atoms with Crippen LogP contribution in [0.25, 0.3) is 22.4 Å². The van der Waals surface area contributed by atoms with Gasteiger partial charge in [-0.2, -0.15) is 9.40 Å².